The molecule has 4 heteroatoms. The van der Waals surface area contributed by atoms with Gasteiger partial charge < -0.3 is 9.84 Å². The van der Waals surface area contributed by atoms with Crippen molar-refractivity contribution >= 4 is 5.97 Å². The van der Waals surface area contributed by atoms with Crippen molar-refractivity contribution in [2.75, 3.05) is 6.61 Å². The van der Waals surface area contributed by atoms with Crippen molar-refractivity contribution in [3.8, 4) is 0 Å². The van der Waals surface area contributed by atoms with Gasteiger partial charge in [0.1, 0.15) is 6.61 Å². The van der Waals surface area contributed by atoms with E-state index in [1.807, 2.05) is 0 Å². The summed E-state index contributed by atoms with van der Waals surface area (Å²) in [5.41, 5.74) is 0. The average molecular weight is 120 g/mol. The minimum atomic E-state index is -1.55. The molecule has 0 aromatic heterocycles. The van der Waals surface area contributed by atoms with Gasteiger partial charge in [-0.05, 0) is 0 Å². The number of hydrogen-bond donors (Lipinski definition) is 1. The Morgan fingerprint density at radius 2 is 2.50 bits per heavy atom. The van der Waals surface area contributed by atoms with Gasteiger partial charge in [0.15, 0.2) is 12.3 Å². The number of hydrogen-bond acceptors (Lipinski definition) is 3. The van der Waals surface area contributed by atoms with E-state index in [4.69, 9.17) is 5.11 Å². The van der Waals surface area contributed by atoms with Crippen LogP contribution in [0.5, 0.6) is 0 Å². The highest BCUT2D eigenvalue weighted by molar-refractivity contribution is 5.77. The molecule has 0 amide bonds. The summed E-state index contributed by atoms with van der Waals surface area (Å²) in [6.07, 6.45) is -3.07. The van der Waals surface area contributed by atoms with Gasteiger partial charge in [0.25, 0.3) is 0 Å². The summed E-state index contributed by atoms with van der Waals surface area (Å²) in [4.78, 5) is 10.1. The molecular formula is C4H5FO3. The van der Waals surface area contributed by atoms with Crippen LogP contribution in [0.2, 0.25) is 0 Å². The van der Waals surface area contributed by atoms with E-state index in [-0.39, 0.29) is 6.61 Å². The number of alkyl halides is 1. The molecule has 0 bridgehead atoms. The number of aliphatic hydroxyl groups excluding tert-OH is 1. The Morgan fingerprint density at radius 1 is 1.88 bits per heavy atom. The predicted molar refractivity (Wildman–Crippen MR) is 21.9 cm³/mol. The lowest BCUT2D eigenvalue weighted by atomic mass is 10.3. The zero-order valence-corrected chi connectivity index (χ0v) is 4.00. The highest BCUT2D eigenvalue weighted by atomic mass is 19.1. The van der Waals surface area contributed by atoms with Crippen LogP contribution in [-0.2, 0) is 9.53 Å². The van der Waals surface area contributed by atoms with Gasteiger partial charge in [0.05, 0.1) is 0 Å². The van der Waals surface area contributed by atoms with Crippen molar-refractivity contribution in [2.45, 2.75) is 12.3 Å². The van der Waals surface area contributed by atoms with Crippen LogP contribution in [0, 0.1) is 0 Å². The maximum Gasteiger partial charge on any atom is 0.338 e. The van der Waals surface area contributed by atoms with Gasteiger partial charge in [-0.1, -0.05) is 0 Å². The van der Waals surface area contributed by atoms with Crippen molar-refractivity contribution in [1.82, 2.24) is 0 Å². The molecule has 0 aliphatic carbocycles. The lowest BCUT2D eigenvalue weighted by Gasteiger charge is -1.93. The second-order valence-electron chi connectivity index (χ2n) is 1.59. The fourth-order valence-corrected chi connectivity index (χ4v) is 0.486. The largest absolute Gasteiger partial charge is 0.460 e. The molecule has 0 aromatic rings. The number of carbonyl (C=O) groups is 1. The number of aliphatic hydroxyl groups is 1. The molecule has 1 aliphatic heterocycles. The quantitative estimate of drug-likeness (QED) is 0.427. The van der Waals surface area contributed by atoms with Crippen LogP contribution in [0.1, 0.15) is 0 Å². The first kappa shape index (κ1) is 5.50. The zero-order valence-electron chi connectivity index (χ0n) is 4.00. The third-order valence-corrected chi connectivity index (χ3v) is 0.969. The van der Waals surface area contributed by atoms with Gasteiger partial charge in [0, 0.05) is 0 Å². The number of rotatable bonds is 0. The van der Waals surface area contributed by atoms with E-state index in [1.165, 1.54) is 0 Å². The number of cyclic esters (lactones) is 1. The molecule has 46 valence electrons. The molecule has 3 nitrogen and oxygen atoms in total. The minimum Gasteiger partial charge on any atom is -0.460 e. The lowest BCUT2D eigenvalue weighted by molar-refractivity contribution is -0.144. The summed E-state index contributed by atoms with van der Waals surface area (Å²) in [6, 6.07) is 0. The average Bonchev–Trinajstić information content (AvgIpc) is 1.98. The Labute approximate surface area is 45.1 Å². The normalized spacial score (nSPS) is 37.5. The number of halogens is 1. The van der Waals surface area contributed by atoms with Gasteiger partial charge in [-0.15, -0.1) is 0 Å². The summed E-state index contributed by atoms with van der Waals surface area (Å²) < 4.78 is 16.1. The number of ether oxygens (including phenoxy) is 1. The first-order valence-electron chi connectivity index (χ1n) is 2.20. The smallest absolute Gasteiger partial charge is 0.338 e. The van der Waals surface area contributed by atoms with Crippen molar-refractivity contribution in [3.05, 3.63) is 0 Å². The Bertz CT molecular complexity index is 114. The summed E-state index contributed by atoms with van der Waals surface area (Å²) in [7, 11) is 0. The van der Waals surface area contributed by atoms with Crippen LogP contribution in [-0.4, -0.2) is 30.0 Å². The maximum atomic E-state index is 12.0. The van der Waals surface area contributed by atoms with Crippen LogP contribution in [0.15, 0.2) is 0 Å². The molecule has 1 rings (SSSR count). The first-order valence-corrected chi connectivity index (χ1v) is 2.20. The van der Waals surface area contributed by atoms with E-state index in [2.05, 4.69) is 4.74 Å². The Hall–Kier alpha value is -0.640. The first-order chi connectivity index (χ1) is 3.72. The van der Waals surface area contributed by atoms with Gasteiger partial charge in [-0.2, -0.15) is 0 Å². The van der Waals surface area contributed by atoms with Crippen LogP contribution >= 0.6 is 0 Å². The summed E-state index contributed by atoms with van der Waals surface area (Å²) in [5, 5.41) is 8.42. The molecule has 1 heterocycles. The highest BCUT2D eigenvalue weighted by Crippen LogP contribution is 2.09. The van der Waals surface area contributed by atoms with Crippen molar-refractivity contribution < 1.29 is 19.0 Å². The third kappa shape index (κ3) is 0.667. The van der Waals surface area contributed by atoms with Gasteiger partial charge in [-0.3, -0.25) is 0 Å². The Kier molecular flexibility index (Phi) is 1.17. The summed E-state index contributed by atoms with van der Waals surface area (Å²) >= 11 is 0. The predicted octanol–water partition coefficient (Wildman–Crippen LogP) is -0.758. The number of carbonyl (C=O) groups excluding carboxylic acids is 1. The monoisotopic (exact) mass is 120 g/mol. The van der Waals surface area contributed by atoms with Gasteiger partial charge in [0.2, 0.25) is 0 Å². The molecule has 8 heavy (non-hydrogen) atoms. The molecule has 0 aromatic carbocycles. The fourth-order valence-electron chi connectivity index (χ4n) is 0.486. The molecule has 1 saturated heterocycles. The zero-order chi connectivity index (χ0) is 6.15. The summed E-state index contributed by atoms with van der Waals surface area (Å²) in [6.45, 7) is -0.306. The van der Waals surface area contributed by atoms with Crippen LogP contribution in [0.25, 0.3) is 0 Å². The lowest BCUT2D eigenvalue weighted by Crippen LogP contribution is -2.22. The van der Waals surface area contributed by atoms with E-state index >= 15 is 0 Å². The number of esters is 1. The summed E-state index contributed by atoms with van der Waals surface area (Å²) in [5.74, 6) is -0.863. The second kappa shape index (κ2) is 1.70. The minimum absolute atomic E-state index is 0.306. The molecule has 0 radical (unpaired) electrons. The third-order valence-electron chi connectivity index (χ3n) is 0.969. The van der Waals surface area contributed by atoms with E-state index in [0.29, 0.717) is 0 Å². The van der Waals surface area contributed by atoms with E-state index in [9.17, 15) is 9.18 Å². The van der Waals surface area contributed by atoms with Gasteiger partial charge >= 0.3 is 5.97 Å². The fraction of sp³-hybridized carbons (Fsp3) is 0.750. The van der Waals surface area contributed by atoms with Crippen molar-refractivity contribution in [1.29, 1.82) is 0 Å². The SMILES string of the molecule is O=C1OC[C@@H](F)[C@@H]1O. The molecule has 0 saturated carbocycles. The highest BCUT2D eigenvalue weighted by Gasteiger charge is 2.34. The molecule has 0 spiro atoms. The topological polar surface area (TPSA) is 46.5 Å². The van der Waals surface area contributed by atoms with E-state index < -0.39 is 18.2 Å². The standard InChI is InChI=1S/C4H5FO3/c5-2-1-8-4(7)3(2)6/h2-3,6H,1H2/t2-,3+/m1/s1. The van der Waals surface area contributed by atoms with Crippen molar-refractivity contribution in [3.63, 3.8) is 0 Å². The van der Waals surface area contributed by atoms with Crippen LogP contribution in [0.3, 0.4) is 0 Å². The molecule has 1 aliphatic rings. The Morgan fingerprint density at radius 3 is 2.62 bits per heavy atom. The molecule has 1 fully saturated rings. The molecule has 2 atom stereocenters. The van der Waals surface area contributed by atoms with Gasteiger partial charge in [-0.25, -0.2) is 9.18 Å². The molecule has 1 N–H and O–H groups in total. The van der Waals surface area contributed by atoms with Crippen molar-refractivity contribution in [2.24, 2.45) is 0 Å². The van der Waals surface area contributed by atoms with E-state index in [0.717, 1.165) is 0 Å². The van der Waals surface area contributed by atoms with E-state index in [1.54, 1.807) is 0 Å². The van der Waals surface area contributed by atoms with Crippen LogP contribution in [0.4, 0.5) is 4.39 Å². The van der Waals surface area contributed by atoms with Crippen LogP contribution < -0.4 is 0 Å². The maximum absolute atomic E-state index is 12.0. The molecular weight excluding hydrogens is 115 g/mol. The Balaban J connectivity index is 2.56. The second-order valence-corrected chi connectivity index (χ2v) is 1.59. The molecule has 0 unspecified atom stereocenters.